The van der Waals surface area contributed by atoms with E-state index in [0.29, 0.717) is 44.2 Å². The lowest BCUT2D eigenvalue weighted by atomic mass is 9.87. The number of rotatable bonds is 7. The molecule has 9 nitrogen and oxygen atoms in total. The molecule has 2 aliphatic rings. The third-order valence-electron chi connectivity index (χ3n) is 6.14. The maximum absolute atomic E-state index is 15.2. The third-order valence-corrected chi connectivity index (χ3v) is 6.14. The summed E-state index contributed by atoms with van der Waals surface area (Å²) in [7, 11) is 0. The fourth-order valence-electron chi connectivity index (χ4n) is 4.31. The maximum atomic E-state index is 15.2. The zero-order valence-corrected chi connectivity index (χ0v) is 19.1. The molecule has 0 aliphatic heterocycles. The smallest absolute Gasteiger partial charge is 0.316 e. The Morgan fingerprint density at radius 3 is 2.80 bits per heavy atom. The van der Waals surface area contributed by atoms with E-state index in [1.165, 1.54) is 12.2 Å². The molecule has 184 valence electrons. The van der Waals surface area contributed by atoms with Gasteiger partial charge in [0.05, 0.1) is 30.2 Å². The van der Waals surface area contributed by atoms with E-state index in [1.807, 2.05) is 0 Å². The van der Waals surface area contributed by atoms with Crippen LogP contribution in [-0.4, -0.2) is 44.9 Å². The van der Waals surface area contributed by atoms with Crippen molar-refractivity contribution in [1.29, 1.82) is 0 Å². The second kappa shape index (κ2) is 9.85. The minimum atomic E-state index is -0.587. The van der Waals surface area contributed by atoms with Gasteiger partial charge in [-0.3, -0.25) is 4.79 Å². The van der Waals surface area contributed by atoms with Crippen molar-refractivity contribution in [1.82, 2.24) is 20.2 Å². The lowest BCUT2D eigenvalue weighted by Gasteiger charge is -2.27. The van der Waals surface area contributed by atoms with Crippen molar-refractivity contribution in [3.05, 3.63) is 42.0 Å². The predicted octanol–water partition coefficient (Wildman–Crippen LogP) is 4.85. The number of fused-ring (bicyclic) bond motifs is 1. The summed E-state index contributed by atoms with van der Waals surface area (Å²) in [6.45, 7) is 2.15. The summed E-state index contributed by atoms with van der Waals surface area (Å²) < 4.78 is 44.9. The highest BCUT2D eigenvalue weighted by molar-refractivity contribution is 5.80. The first-order valence-corrected chi connectivity index (χ1v) is 11.7. The molecule has 1 fully saturated rings. The quantitative estimate of drug-likeness (QED) is 0.457. The van der Waals surface area contributed by atoms with Crippen LogP contribution in [0.4, 0.5) is 14.8 Å². The molecule has 1 unspecified atom stereocenters. The summed E-state index contributed by atoms with van der Waals surface area (Å²) in [6.07, 6.45) is 7.34. The van der Waals surface area contributed by atoms with Crippen LogP contribution in [0, 0.1) is 11.7 Å². The topological polar surface area (TPSA) is 115 Å². The van der Waals surface area contributed by atoms with Crippen molar-refractivity contribution in [3.8, 4) is 17.5 Å². The van der Waals surface area contributed by atoms with E-state index in [9.17, 15) is 9.18 Å². The number of esters is 1. The number of benzene rings is 1. The lowest BCUT2D eigenvalue weighted by Crippen LogP contribution is -2.29. The molecular weight excluding hydrogens is 460 g/mol. The van der Waals surface area contributed by atoms with Crippen LogP contribution < -0.4 is 10.1 Å². The highest BCUT2D eigenvalue weighted by atomic mass is 19.1. The Morgan fingerprint density at radius 2 is 2.06 bits per heavy atom. The SMILES string of the molecule is CCOC(=O)C1CCC(Oc2ccc3[nH]c(-c4nnc(NC5C=CC(F)=CC5)o4)nc3c2F)CC1. The minimum Gasteiger partial charge on any atom is -0.487 e. The molecule has 35 heavy (non-hydrogen) atoms. The molecule has 1 aromatic carbocycles. The van der Waals surface area contributed by atoms with E-state index >= 15 is 4.39 Å². The van der Waals surface area contributed by atoms with Gasteiger partial charge in [0.15, 0.2) is 17.4 Å². The zero-order valence-electron chi connectivity index (χ0n) is 19.1. The number of nitrogens with one attached hydrogen (secondary N) is 2. The van der Waals surface area contributed by atoms with Gasteiger partial charge in [-0.05, 0) is 63.3 Å². The van der Waals surface area contributed by atoms with Crippen molar-refractivity contribution in [3.63, 3.8) is 0 Å². The molecule has 5 rings (SSSR count). The standard InChI is InChI=1S/C24H25F2N5O4/c1-2-33-23(32)13-3-9-16(10-4-13)34-18-12-11-17-20(19(18)26)29-21(28-17)22-30-31-24(35-22)27-15-7-5-14(25)6-8-15/h5-7,11-13,15-16H,2-4,8-10H2,1H3,(H,27,31)(H,28,29). The van der Waals surface area contributed by atoms with Gasteiger partial charge in [-0.1, -0.05) is 11.2 Å². The fourth-order valence-corrected chi connectivity index (χ4v) is 4.31. The maximum Gasteiger partial charge on any atom is 0.316 e. The van der Waals surface area contributed by atoms with Crippen LogP contribution in [0.2, 0.25) is 0 Å². The molecule has 0 amide bonds. The number of hydrogen-bond acceptors (Lipinski definition) is 8. The molecule has 0 saturated heterocycles. The molecular formula is C24H25F2N5O4. The van der Waals surface area contributed by atoms with Crippen molar-refractivity contribution < 1.29 is 27.5 Å². The summed E-state index contributed by atoms with van der Waals surface area (Å²) >= 11 is 0. The first-order chi connectivity index (χ1) is 17.0. The molecule has 2 heterocycles. The third kappa shape index (κ3) is 5.03. The van der Waals surface area contributed by atoms with Gasteiger partial charge in [-0.25, -0.2) is 13.8 Å². The van der Waals surface area contributed by atoms with Crippen LogP contribution in [0.1, 0.15) is 39.0 Å². The summed E-state index contributed by atoms with van der Waals surface area (Å²) in [5, 5.41) is 10.9. The molecule has 11 heteroatoms. The van der Waals surface area contributed by atoms with Gasteiger partial charge in [-0.15, -0.1) is 5.10 Å². The molecule has 1 atom stereocenters. The molecule has 3 aromatic rings. The lowest BCUT2D eigenvalue weighted by molar-refractivity contribution is -0.149. The summed E-state index contributed by atoms with van der Waals surface area (Å²) in [5.74, 6) is -0.768. The summed E-state index contributed by atoms with van der Waals surface area (Å²) in [6, 6.07) is 3.20. The number of aromatic amines is 1. The van der Waals surface area contributed by atoms with Gasteiger partial charge in [0.1, 0.15) is 11.3 Å². The number of imidazole rings is 1. The molecule has 1 saturated carbocycles. The summed E-state index contributed by atoms with van der Waals surface area (Å²) in [5.41, 5.74) is 0.556. The van der Waals surface area contributed by atoms with E-state index in [4.69, 9.17) is 13.9 Å². The average Bonchev–Trinajstić information content (AvgIpc) is 3.50. The number of hydrogen-bond donors (Lipinski definition) is 2. The van der Waals surface area contributed by atoms with Crippen molar-refractivity contribution in [2.75, 3.05) is 11.9 Å². The molecule has 2 N–H and O–H groups in total. The van der Waals surface area contributed by atoms with Gasteiger partial charge < -0.3 is 24.2 Å². The second-order valence-corrected chi connectivity index (χ2v) is 8.55. The molecule has 2 aliphatic carbocycles. The number of halogens is 2. The number of aromatic nitrogens is 4. The minimum absolute atomic E-state index is 0.0874. The van der Waals surface area contributed by atoms with Gasteiger partial charge in [-0.2, -0.15) is 0 Å². The number of ether oxygens (including phenoxy) is 2. The fraction of sp³-hybridized carbons (Fsp3) is 0.417. The monoisotopic (exact) mass is 485 g/mol. The Hall–Kier alpha value is -3.76. The van der Waals surface area contributed by atoms with E-state index < -0.39 is 5.82 Å². The largest absolute Gasteiger partial charge is 0.487 e. The summed E-state index contributed by atoms with van der Waals surface area (Å²) in [4.78, 5) is 19.2. The molecule has 0 radical (unpaired) electrons. The van der Waals surface area contributed by atoms with Crippen LogP contribution in [-0.2, 0) is 9.53 Å². The van der Waals surface area contributed by atoms with E-state index in [-0.39, 0.29) is 58.9 Å². The average molecular weight is 485 g/mol. The highest BCUT2D eigenvalue weighted by Gasteiger charge is 2.29. The Labute approximate surface area is 199 Å². The van der Waals surface area contributed by atoms with Crippen LogP contribution in [0.3, 0.4) is 0 Å². The Morgan fingerprint density at radius 1 is 1.23 bits per heavy atom. The number of H-pyrrole nitrogens is 1. The van der Waals surface area contributed by atoms with Crippen molar-refractivity contribution in [2.24, 2.45) is 5.92 Å². The Kier molecular flexibility index (Phi) is 6.47. The molecule has 2 aromatic heterocycles. The zero-order chi connectivity index (χ0) is 24.4. The number of anilines is 1. The number of carbonyl (C=O) groups excluding carboxylic acids is 1. The Bertz CT molecular complexity index is 1280. The van der Waals surface area contributed by atoms with Crippen LogP contribution in [0.25, 0.3) is 22.7 Å². The first-order valence-electron chi connectivity index (χ1n) is 11.7. The molecule has 0 spiro atoms. The normalized spacial score (nSPS) is 22.1. The number of carbonyl (C=O) groups is 1. The predicted molar refractivity (Wildman–Crippen MR) is 123 cm³/mol. The highest BCUT2D eigenvalue weighted by Crippen LogP contribution is 2.32. The Balaban J connectivity index is 1.25. The first kappa shape index (κ1) is 23.0. The van der Waals surface area contributed by atoms with Crippen molar-refractivity contribution in [2.45, 2.75) is 51.2 Å². The number of nitrogens with zero attached hydrogens (tertiary/aromatic N) is 3. The molecule has 0 bridgehead atoms. The number of allylic oxidation sites excluding steroid dienone is 2. The van der Waals surface area contributed by atoms with E-state index in [2.05, 4.69) is 25.5 Å². The van der Waals surface area contributed by atoms with E-state index in [1.54, 1.807) is 25.1 Å². The van der Waals surface area contributed by atoms with Gasteiger partial charge in [0, 0.05) is 0 Å². The van der Waals surface area contributed by atoms with Crippen LogP contribution in [0.15, 0.2) is 40.6 Å². The second-order valence-electron chi connectivity index (χ2n) is 8.55. The van der Waals surface area contributed by atoms with Crippen LogP contribution >= 0.6 is 0 Å². The van der Waals surface area contributed by atoms with E-state index in [0.717, 1.165) is 0 Å². The van der Waals surface area contributed by atoms with Gasteiger partial charge in [0.2, 0.25) is 0 Å². The van der Waals surface area contributed by atoms with Crippen LogP contribution in [0.5, 0.6) is 5.75 Å². The van der Waals surface area contributed by atoms with Gasteiger partial charge in [0.25, 0.3) is 5.89 Å². The van der Waals surface area contributed by atoms with Gasteiger partial charge >= 0.3 is 12.0 Å². The van der Waals surface area contributed by atoms with Crippen molar-refractivity contribution >= 4 is 23.0 Å².